The highest BCUT2D eigenvalue weighted by molar-refractivity contribution is 14.1. The Balaban J connectivity index is 2.32. The van der Waals surface area contributed by atoms with Crippen molar-refractivity contribution in [2.24, 2.45) is 0 Å². The van der Waals surface area contributed by atoms with Gasteiger partial charge < -0.3 is 0 Å². The molecule has 1 heterocycles. The number of hydrogen-bond donors (Lipinski definition) is 0. The molecule has 2 nitrogen and oxygen atoms in total. The SMILES string of the molecule is Cc1ccc2c(c1)nc(CCl)n2-c1cccc(I)c1. The second-order valence-electron chi connectivity index (χ2n) is 4.47. The molecule has 2 aromatic carbocycles. The number of alkyl halides is 1. The van der Waals surface area contributed by atoms with Gasteiger partial charge in [0.2, 0.25) is 0 Å². The summed E-state index contributed by atoms with van der Waals surface area (Å²) in [5.74, 6) is 1.28. The van der Waals surface area contributed by atoms with Gasteiger partial charge in [0.15, 0.2) is 0 Å². The molecule has 0 atom stereocenters. The fraction of sp³-hybridized carbons (Fsp3) is 0.133. The third-order valence-electron chi connectivity index (χ3n) is 3.07. The van der Waals surface area contributed by atoms with Crippen LogP contribution in [0.1, 0.15) is 11.4 Å². The highest BCUT2D eigenvalue weighted by atomic mass is 127. The zero-order chi connectivity index (χ0) is 13.4. The van der Waals surface area contributed by atoms with E-state index in [9.17, 15) is 0 Å². The van der Waals surface area contributed by atoms with E-state index >= 15 is 0 Å². The molecule has 19 heavy (non-hydrogen) atoms. The van der Waals surface area contributed by atoms with Crippen molar-refractivity contribution in [1.82, 2.24) is 9.55 Å². The van der Waals surface area contributed by atoms with Gasteiger partial charge in [-0.2, -0.15) is 0 Å². The lowest BCUT2D eigenvalue weighted by Gasteiger charge is -2.08. The van der Waals surface area contributed by atoms with E-state index in [-0.39, 0.29) is 0 Å². The van der Waals surface area contributed by atoms with Gasteiger partial charge in [-0.05, 0) is 65.4 Å². The molecule has 96 valence electrons. The molecule has 0 saturated heterocycles. The number of imidazole rings is 1. The van der Waals surface area contributed by atoms with Crippen molar-refractivity contribution in [2.45, 2.75) is 12.8 Å². The first-order chi connectivity index (χ1) is 9.19. The van der Waals surface area contributed by atoms with Crippen LogP contribution in [0.2, 0.25) is 0 Å². The first-order valence-electron chi connectivity index (χ1n) is 5.99. The maximum Gasteiger partial charge on any atom is 0.129 e. The molecule has 3 aromatic rings. The maximum atomic E-state index is 6.05. The Hall–Kier alpha value is -1.07. The Bertz CT molecular complexity index is 749. The molecule has 0 aliphatic heterocycles. The van der Waals surface area contributed by atoms with E-state index < -0.39 is 0 Å². The lowest BCUT2D eigenvalue weighted by atomic mass is 10.2. The Morgan fingerprint density at radius 2 is 2.05 bits per heavy atom. The first-order valence-corrected chi connectivity index (χ1v) is 7.60. The predicted molar refractivity (Wildman–Crippen MR) is 88.1 cm³/mol. The number of fused-ring (bicyclic) bond motifs is 1. The second-order valence-corrected chi connectivity index (χ2v) is 5.98. The molecule has 0 N–H and O–H groups in total. The quantitative estimate of drug-likeness (QED) is 0.465. The van der Waals surface area contributed by atoms with Gasteiger partial charge in [-0.3, -0.25) is 4.57 Å². The van der Waals surface area contributed by atoms with E-state index in [0.717, 1.165) is 22.5 Å². The lowest BCUT2D eigenvalue weighted by molar-refractivity contribution is 0.981. The number of nitrogens with zero attached hydrogens (tertiary/aromatic N) is 2. The van der Waals surface area contributed by atoms with Crippen molar-refractivity contribution in [3.05, 3.63) is 57.4 Å². The van der Waals surface area contributed by atoms with Crippen LogP contribution in [0.5, 0.6) is 0 Å². The summed E-state index contributed by atoms with van der Waals surface area (Å²) in [6, 6.07) is 14.6. The van der Waals surface area contributed by atoms with Crippen molar-refractivity contribution in [3.63, 3.8) is 0 Å². The summed E-state index contributed by atoms with van der Waals surface area (Å²) in [5, 5.41) is 0. The fourth-order valence-corrected chi connectivity index (χ4v) is 2.94. The zero-order valence-corrected chi connectivity index (χ0v) is 13.3. The molecule has 1 aromatic heterocycles. The van der Waals surface area contributed by atoms with E-state index in [1.807, 2.05) is 0 Å². The van der Waals surface area contributed by atoms with Crippen LogP contribution in [0, 0.1) is 10.5 Å². The smallest absolute Gasteiger partial charge is 0.129 e. The molecule has 0 spiro atoms. The molecule has 0 fully saturated rings. The number of hydrogen-bond acceptors (Lipinski definition) is 1. The van der Waals surface area contributed by atoms with E-state index in [1.165, 1.54) is 9.13 Å². The van der Waals surface area contributed by atoms with Gasteiger partial charge in [0.1, 0.15) is 5.82 Å². The highest BCUT2D eigenvalue weighted by Crippen LogP contribution is 2.24. The molecule has 0 unspecified atom stereocenters. The molecular formula is C15H12ClIN2. The molecule has 3 rings (SSSR count). The molecule has 4 heteroatoms. The monoisotopic (exact) mass is 382 g/mol. The Kier molecular flexibility index (Phi) is 3.50. The van der Waals surface area contributed by atoms with E-state index in [1.54, 1.807) is 0 Å². The van der Waals surface area contributed by atoms with Gasteiger partial charge in [0.25, 0.3) is 0 Å². The Labute approximate surface area is 130 Å². The summed E-state index contributed by atoms with van der Waals surface area (Å²) in [6.07, 6.45) is 0. The number of benzene rings is 2. The van der Waals surface area contributed by atoms with Crippen LogP contribution in [-0.4, -0.2) is 9.55 Å². The number of aryl methyl sites for hydroxylation is 1. The molecule has 0 aliphatic carbocycles. The molecule has 0 aliphatic rings. The van der Waals surface area contributed by atoms with Crippen LogP contribution < -0.4 is 0 Å². The maximum absolute atomic E-state index is 6.05. The van der Waals surface area contributed by atoms with Crippen LogP contribution in [0.4, 0.5) is 0 Å². The van der Waals surface area contributed by atoms with Crippen LogP contribution >= 0.6 is 34.2 Å². The van der Waals surface area contributed by atoms with Crippen molar-refractivity contribution >= 4 is 45.2 Å². The zero-order valence-electron chi connectivity index (χ0n) is 10.4. The van der Waals surface area contributed by atoms with Crippen molar-refractivity contribution in [1.29, 1.82) is 0 Å². The Morgan fingerprint density at radius 1 is 1.21 bits per heavy atom. The van der Waals surface area contributed by atoms with Crippen LogP contribution in [0.25, 0.3) is 16.7 Å². The minimum Gasteiger partial charge on any atom is -0.295 e. The third-order valence-corrected chi connectivity index (χ3v) is 3.98. The van der Waals surface area contributed by atoms with E-state index in [2.05, 4.69) is 81.5 Å². The van der Waals surface area contributed by atoms with Crippen molar-refractivity contribution < 1.29 is 0 Å². The second kappa shape index (κ2) is 5.13. The summed E-state index contributed by atoms with van der Waals surface area (Å²) in [7, 11) is 0. The summed E-state index contributed by atoms with van der Waals surface area (Å²) in [4.78, 5) is 4.63. The molecule has 0 amide bonds. The molecule has 0 bridgehead atoms. The van der Waals surface area contributed by atoms with Crippen LogP contribution in [0.15, 0.2) is 42.5 Å². The van der Waals surface area contributed by atoms with Gasteiger partial charge >= 0.3 is 0 Å². The first kappa shape index (κ1) is 12.9. The normalized spacial score (nSPS) is 11.1. The fourth-order valence-electron chi connectivity index (χ4n) is 2.23. The average molecular weight is 383 g/mol. The van der Waals surface area contributed by atoms with E-state index in [4.69, 9.17) is 11.6 Å². The standard InChI is InChI=1S/C15H12ClIN2/c1-10-5-6-14-13(7-10)18-15(9-16)19(14)12-4-2-3-11(17)8-12/h2-8H,9H2,1H3. The summed E-state index contributed by atoms with van der Waals surface area (Å²) in [6.45, 7) is 2.07. The minimum absolute atomic E-state index is 0.402. The number of aromatic nitrogens is 2. The molecule has 0 saturated carbocycles. The molecular weight excluding hydrogens is 371 g/mol. The third kappa shape index (κ3) is 2.37. The predicted octanol–water partition coefficient (Wildman–Crippen LogP) is 4.68. The summed E-state index contributed by atoms with van der Waals surface area (Å²) in [5.41, 5.74) is 4.41. The van der Waals surface area contributed by atoms with Crippen LogP contribution in [0.3, 0.4) is 0 Å². The number of halogens is 2. The highest BCUT2D eigenvalue weighted by Gasteiger charge is 2.11. The van der Waals surface area contributed by atoms with Gasteiger partial charge in [-0.15, -0.1) is 11.6 Å². The molecule has 0 radical (unpaired) electrons. The van der Waals surface area contributed by atoms with Gasteiger partial charge in [0.05, 0.1) is 16.9 Å². The average Bonchev–Trinajstić information content (AvgIpc) is 2.76. The Morgan fingerprint density at radius 3 is 2.79 bits per heavy atom. The van der Waals surface area contributed by atoms with Gasteiger partial charge in [0, 0.05) is 9.26 Å². The van der Waals surface area contributed by atoms with Crippen LogP contribution in [-0.2, 0) is 5.88 Å². The van der Waals surface area contributed by atoms with Gasteiger partial charge in [-0.25, -0.2) is 4.98 Å². The summed E-state index contributed by atoms with van der Waals surface area (Å²) >= 11 is 8.36. The lowest BCUT2D eigenvalue weighted by Crippen LogP contribution is -1.99. The summed E-state index contributed by atoms with van der Waals surface area (Å²) < 4.78 is 3.33. The number of rotatable bonds is 2. The van der Waals surface area contributed by atoms with Crippen molar-refractivity contribution in [2.75, 3.05) is 0 Å². The minimum atomic E-state index is 0.402. The van der Waals surface area contributed by atoms with E-state index in [0.29, 0.717) is 5.88 Å². The largest absolute Gasteiger partial charge is 0.295 e. The van der Waals surface area contributed by atoms with Gasteiger partial charge in [-0.1, -0.05) is 12.1 Å². The topological polar surface area (TPSA) is 17.8 Å². The van der Waals surface area contributed by atoms with Crippen molar-refractivity contribution in [3.8, 4) is 5.69 Å².